The normalized spacial score (nSPS) is 15.5. The summed E-state index contributed by atoms with van der Waals surface area (Å²) in [5.74, 6) is 0.479. The van der Waals surface area contributed by atoms with Crippen molar-refractivity contribution in [2.45, 2.75) is 24.8 Å². The lowest BCUT2D eigenvalue weighted by molar-refractivity contribution is -0.122. The molecule has 166 valence electrons. The summed E-state index contributed by atoms with van der Waals surface area (Å²) in [6, 6.07) is 18.8. The third kappa shape index (κ3) is 4.27. The third-order valence-electron chi connectivity index (χ3n) is 5.21. The fourth-order valence-electron chi connectivity index (χ4n) is 3.55. The molecule has 3 aromatic carbocycles. The van der Waals surface area contributed by atoms with Crippen LogP contribution in [0.5, 0.6) is 11.5 Å². The molecule has 4 rings (SSSR count). The summed E-state index contributed by atoms with van der Waals surface area (Å²) in [7, 11) is -2.43. The molecule has 1 unspecified atom stereocenters. The Morgan fingerprint density at radius 1 is 1.03 bits per heavy atom. The number of hydrogen-bond donors (Lipinski definition) is 1. The second kappa shape index (κ2) is 8.55. The molecule has 0 saturated heterocycles. The molecule has 0 saturated carbocycles. The van der Waals surface area contributed by atoms with Crippen molar-refractivity contribution in [2.75, 3.05) is 23.3 Å². The average Bonchev–Trinajstić information content (AvgIpc) is 2.78. The number of methoxy groups -OCH3 is 1. The first kappa shape index (κ1) is 21.7. The molecular formula is C24H24N2O5S. The summed E-state index contributed by atoms with van der Waals surface area (Å²) in [5.41, 5.74) is 2.91. The van der Waals surface area contributed by atoms with E-state index in [9.17, 15) is 13.2 Å². The fraction of sp³-hybridized carbons (Fsp3) is 0.208. The molecule has 1 aliphatic heterocycles. The highest BCUT2D eigenvalue weighted by Gasteiger charge is 2.37. The van der Waals surface area contributed by atoms with Crippen molar-refractivity contribution in [1.29, 1.82) is 0 Å². The van der Waals surface area contributed by atoms with E-state index in [1.807, 2.05) is 38.1 Å². The van der Waals surface area contributed by atoms with Gasteiger partial charge in [-0.05, 0) is 73.5 Å². The van der Waals surface area contributed by atoms with Gasteiger partial charge in [0.2, 0.25) is 0 Å². The third-order valence-corrected chi connectivity index (χ3v) is 7.00. The minimum Gasteiger partial charge on any atom is -0.497 e. The maximum atomic E-state index is 13.5. The van der Waals surface area contributed by atoms with Crippen LogP contribution in [0, 0.1) is 13.8 Å². The molecule has 0 bridgehead atoms. The number of fused-ring (bicyclic) bond motifs is 1. The number of carbonyl (C=O) groups excluding carboxylic acids is 1. The number of nitrogens with zero attached hydrogens (tertiary/aromatic N) is 1. The summed E-state index contributed by atoms with van der Waals surface area (Å²) >= 11 is 0. The quantitative estimate of drug-likeness (QED) is 0.635. The SMILES string of the molecule is COc1ccc(S(=O)(=O)N2CC(C(=O)Nc3cccc(C)c3)Oc3cc(C)ccc32)cc1. The van der Waals surface area contributed by atoms with E-state index in [4.69, 9.17) is 9.47 Å². The van der Waals surface area contributed by atoms with E-state index in [0.29, 0.717) is 22.9 Å². The predicted molar refractivity (Wildman–Crippen MR) is 123 cm³/mol. The number of ether oxygens (including phenoxy) is 2. The lowest BCUT2D eigenvalue weighted by Gasteiger charge is -2.35. The van der Waals surface area contributed by atoms with E-state index < -0.39 is 22.0 Å². The van der Waals surface area contributed by atoms with Gasteiger partial charge in [0.1, 0.15) is 11.5 Å². The topological polar surface area (TPSA) is 84.9 Å². The average molecular weight is 453 g/mol. The maximum Gasteiger partial charge on any atom is 0.267 e. The van der Waals surface area contributed by atoms with Gasteiger partial charge < -0.3 is 14.8 Å². The summed E-state index contributed by atoms with van der Waals surface area (Å²) in [6.07, 6.45) is -1.02. The van der Waals surface area contributed by atoms with E-state index >= 15 is 0 Å². The molecule has 32 heavy (non-hydrogen) atoms. The van der Waals surface area contributed by atoms with Crippen molar-refractivity contribution in [1.82, 2.24) is 0 Å². The predicted octanol–water partition coefficient (Wildman–Crippen LogP) is 3.91. The smallest absolute Gasteiger partial charge is 0.267 e. The lowest BCUT2D eigenvalue weighted by Crippen LogP contribution is -2.48. The van der Waals surface area contributed by atoms with Crippen molar-refractivity contribution in [3.8, 4) is 11.5 Å². The Morgan fingerprint density at radius 2 is 1.75 bits per heavy atom. The van der Waals surface area contributed by atoms with Crippen LogP contribution in [0.3, 0.4) is 0 Å². The standard InChI is InChI=1S/C24H24N2O5S/c1-16-5-4-6-18(13-16)25-24(27)23-15-26(21-12-7-17(2)14-22(21)31-23)32(28,29)20-10-8-19(30-3)9-11-20/h4-14,23H,15H2,1-3H3,(H,25,27). The molecule has 0 spiro atoms. The van der Waals surface area contributed by atoms with Gasteiger partial charge >= 0.3 is 0 Å². The van der Waals surface area contributed by atoms with E-state index in [-0.39, 0.29) is 11.4 Å². The Kier molecular flexibility index (Phi) is 5.80. The van der Waals surface area contributed by atoms with E-state index in [1.165, 1.54) is 23.5 Å². The molecule has 7 nitrogen and oxygen atoms in total. The highest BCUT2D eigenvalue weighted by molar-refractivity contribution is 7.92. The first-order valence-electron chi connectivity index (χ1n) is 10.1. The van der Waals surface area contributed by atoms with Crippen LogP contribution in [0.15, 0.2) is 71.6 Å². The number of anilines is 2. The van der Waals surface area contributed by atoms with Gasteiger partial charge in [-0.1, -0.05) is 18.2 Å². The van der Waals surface area contributed by atoms with Gasteiger partial charge in [0.25, 0.3) is 15.9 Å². The minimum atomic E-state index is -3.94. The molecule has 1 atom stereocenters. The highest BCUT2D eigenvalue weighted by Crippen LogP contribution is 2.38. The van der Waals surface area contributed by atoms with Crippen LogP contribution in [0.4, 0.5) is 11.4 Å². The molecule has 0 aromatic heterocycles. The number of hydrogen-bond acceptors (Lipinski definition) is 5. The van der Waals surface area contributed by atoms with Gasteiger partial charge in [0.05, 0.1) is 24.2 Å². The van der Waals surface area contributed by atoms with E-state index in [1.54, 1.807) is 30.3 Å². The Hall–Kier alpha value is -3.52. The van der Waals surface area contributed by atoms with Gasteiger partial charge in [0.15, 0.2) is 6.10 Å². The van der Waals surface area contributed by atoms with Crippen LogP contribution in [0.2, 0.25) is 0 Å². The monoisotopic (exact) mass is 452 g/mol. The molecule has 3 aromatic rings. The zero-order valence-electron chi connectivity index (χ0n) is 18.0. The van der Waals surface area contributed by atoms with Crippen molar-refractivity contribution < 1.29 is 22.7 Å². The Bertz CT molecular complexity index is 1260. The number of aryl methyl sites for hydroxylation is 2. The molecule has 1 heterocycles. The summed E-state index contributed by atoms with van der Waals surface area (Å²) < 4.78 is 39.3. The summed E-state index contributed by atoms with van der Waals surface area (Å²) in [5, 5.41) is 2.82. The first-order chi connectivity index (χ1) is 15.3. The molecule has 1 N–H and O–H groups in total. The number of rotatable bonds is 5. The number of sulfonamides is 1. The number of nitrogens with one attached hydrogen (secondary N) is 1. The Balaban J connectivity index is 1.69. The zero-order chi connectivity index (χ0) is 22.9. The van der Waals surface area contributed by atoms with E-state index in [0.717, 1.165) is 11.1 Å². The summed E-state index contributed by atoms with van der Waals surface area (Å²) in [6.45, 7) is 3.65. The molecule has 1 amide bonds. The maximum absolute atomic E-state index is 13.5. The zero-order valence-corrected chi connectivity index (χ0v) is 18.8. The van der Waals surface area contributed by atoms with Gasteiger partial charge in [-0.2, -0.15) is 0 Å². The Labute approximate surface area is 187 Å². The van der Waals surface area contributed by atoms with Gasteiger partial charge in [-0.15, -0.1) is 0 Å². The second-order valence-electron chi connectivity index (χ2n) is 7.65. The van der Waals surface area contributed by atoms with Gasteiger partial charge in [-0.25, -0.2) is 8.42 Å². The van der Waals surface area contributed by atoms with E-state index in [2.05, 4.69) is 5.32 Å². The summed E-state index contributed by atoms with van der Waals surface area (Å²) in [4.78, 5) is 13.1. The number of carbonyl (C=O) groups is 1. The van der Waals surface area contributed by atoms with Crippen LogP contribution >= 0.6 is 0 Å². The molecule has 8 heteroatoms. The van der Waals surface area contributed by atoms with Crippen LogP contribution < -0.4 is 19.1 Å². The molecule has 0 fully saturated rings. The second-order valence-corrected chi connectivity index (χ2v) is 9.51. The largest absolute Gasteiger partial charge is 0.497 e. The fourth-order valence-corrected chi connectivity index (χ4v) is 5.02. The molecule has 0 aliphatic carbocycles. The minimum absolute atomic E-state index is 0.101. The van der Waals surface area contributed by atoms with Crippen molar-refractivity contribution in [3.63, 3.8) is 0 Å². The Morgan fingerprint density at radius 3 is 2.44 bits per heavy atom. The molecular weight excluding hydrogens is 428 g/mol. The molecule has 1 aliphatic rings. The van der Waals surface area contributed by atoms with Crippen LogP contribution in [-0.4, -0.2) is 34.1 Å². The van der Waals surface area contributed by atoms with Crippen LogP contribution in [-0.2, 0) is 14.8 Å². The van der Waals surface area contributed by atoms with Gasteiger partial charge in [-0.3, -0.25) is 9.10 Å². The number of amides is 1. The van der Waals surface area contributed by atoms with Crippen LogP contribution in [0.1, 0.15) is 11.1 Å². The van der Waals surface area contributed by atoms with Crippen molar-refractivity contribution in [3.05, 3.63) is 77.9 Å². The van der Waals surface area contributed by atoms with Gasteiger partial charge in [0, 0.05) is 5.69 Å². The van der Waals surface area contributed by atoms with Crippen LogP contribution in [0.25, 0.3) is 0 Å². The number of benzene rings is 3. The highest BCUT2D eigenvalue weighted by atomic mass is 32.2. The van der Waals surface area contributed by atoms with Crippen molar-refractivity contribution in [2.24, 2.45) is 0 Å². The first-order valence-corrected chi connectivity index (χ1v) is 11.5. The van der Waals surface area contributed by atoms with Crippen molar-refractivity contribution >= 4 is 27.3 Å². The molecule has 0 radical (unpaired) electrons. The lowest BCUT2D eigenvalue weighted by atomic mass is 10.1.